The topological polar surface area (TPSA) is 110 Å². The highest BCUT2D eigenvalue weighted by Crippen LogP contribution is 2.34. The Bertz CT molecular complexity index is 924. The van der Waals surface area contributed by atoms with Crippen LogP contribution in [0.1, 0.15) is 12.0 Å². The van der Waals surface area contributed by atoms with E-state index in [1.807, 2.05) is 24.3 Å². The lowest BCUT2D eigenvalue weighted by molar-refractivity contribution is -0.384. The number of anilines is 1. The zero-order chi connectivity index (χ0) is 18.9. The summed E-state index contributed by atoms with van der Waals surface area (Å²) in [5, 5.41) is 15.6. The summed E-state index contributed by atoms with van der Waals surface area (Å²) in [6.45, 7) is 1.39. The van der Waals surface area contributed by atoms with Crippen LogP contribution in [0.15, 0.2) is 35.5 Å². The maximum absolute atomic E-state index is 11.9. The van der Waals surface area contributed by atoms with Crippen molar-refractivity contribution in [1.82, 2.24) is 14.5 Å². The van der Waals surface area contributed by atoms with E-state index in [0.717, 1.165) is 24.5 Å². The third-order valence-electron chi connectivity index (χ3n) is 4.63. The Morgan fingerprint density at radius 2 is 2.19 bits per heavy atom. The zero-order valence-corrected chi connectivity index (χ0v) is 15.4. The van der Waals surface area contributed by atoms with Crippen molar-refractivity contribution >= 4 is 21.4 Å². The molecule has 0 aliphatic carbocycles. The van der Waals surface area contributed by atoms with Crippen LogP contribution < -0.4 is 9.62 Å². The van der Waals surface area contributed by atoms with Gasteiger partial charge in [-0.25, -0.2) is 13.1 Å². The van der Waals surface area contributed by atoms with Gasteiger partial charge in [-0.15, -0.1) is 0 Å². The second kappa shape index (κ2) is 7.04. The molecule has 2 aromatic rings. The number of hydrogen-bond donors (Lipinski definition) is 1. The minimum atomic E-state index is -3.73. The number of nitrogens with zero attached hydrogens (tertiary/aromatic N) is 4. The van der Waals surface area contributed by atoms with Crippen molar-refractivity contribution in [2.24, 2.45) is 13.0 Å². The molecule has 1 saturated heterocycles. The Hall–Kier alpha value is -2.46. The molecule has 0 spiro atoms. The molecule has 3 rings (SSSR count). The van der Waals surface area contributed by atoms with Crippen LogP contribution in [0.5, 0.6) is 0 Å². The third-order valence-corrected chi connectivity index (χ3v) is 6.04. The normalized spacial score (nSPS) is 17.6. The molecule has 2 heterocycles. The summed E-state index contributed by atoms with van der Waals surface area (Å²) in [4.78, 5) is 12.8. The van der Waals surface area contributed by atoms with Crippen LogP contribution in [0.4, 0.5) is 11.4 Å². The molecule has 1 aromatic carbocycles. The molecule has 140 valence electrons. The lowest BCUT2D eigenvalue weighted by Crippen LogP contribution is -2.22. The number of benzene rings is 1. The highest BCUT2D eigenvalue weighted by atomic mass is 32.2. The number of nitro benzene ring substituents is 1. The average Bonchev–Trinajstić information content (AvgIpc) is 3.23. The minimum Gasteiger partial charge on any atom is -0.366 e. The van der Waals surface area contributed by atoms with Gasteiger partial charge in [0.1, 0.15) is 5.69 Å². The van der Waals surface area contributed by atoms with E-state index in [1.54, 1.807) is 4.68 Å². The highest BCUT2D eigenvalue weighted by Gasteiger charge is 2.29. The van der Waals surface area contributed by atoms with Gasteiger partial charge in [0.2, 0.25) is 10.0 Å². The van der Waals surface area contributed by atoms with Crippen LogP contribution in [0, 0.1) is 16.0 Å². The van der Waals surface area contributed by atoms with Gasteiger partial charge < -0.3 is 4.90 Å². The van der Waals surface area contributed by atoms with E-state index in [1.165, 1.54) is 19.2 Å². The van der Waals surface area contributed by atoms with E-state index in [9.17, 15) is 18.5 Å². The van der Waals surface area contributed by atoms with E-state index in [0.29, 0.717) is 24.7 Å². The SMILES string of the molecule is CNS(=O)(=O)c1ccc(N2CCC(Cc3cnn(C)c3)C2)c([N+](=O)[O-])c1. The van der Waals surface area contributed by atoms with Gasteiger partial charge in [0.05, 0.1) is 16.0 Å². The number of sulfonamides is 1. The number of rotatable bonds is 6. The number of nitro groups is 1. The summed E-state index contributed by atoms with van der Waals surface area (Å²) in [5.41, 5.74) is 1.41. The number of aryl methyl sites for hydroxylation is 1. The number of aromatic nitrogens is 2. The van der Waals surface area contributed by atoms with Crippen LogP contribution in [-0.2, 0) is 23.5 Å². The molecule has 1 aliphatic rings. The Balaban J connectivity index is 1.81. The van der Waals surface area contributed by atoms with Gasteiger partial charge in [-0.3, -0.25) is 14.8 Å². The lowest BCUT2D eigenvalue weighted by atomic mass is 10.0. The van der Waals surface area contributed by atoms with Crippen molar-refractivity contribution in [1.29, 1.82) is 0 Å². The molecular weight excluding hydrogens is 358 g/mol. The zero-order valence-electron chi connectivity index (χ0n) is 14.6. The molecule has 1 aromatic heterocycles. The molecule has 10 heteroatoms. The lowest BCUT2D eigenvalue weighted by Gasteiger charge is -2.19. The van der Waals surface area contributed by atoms with Gasteiger partial charge in [-0.05, 0) is 43.5 Å². The Kier molecular flexibility index (Phi) is 4.97. The van der Waals surface area contributed by atoms with Crippen molar-refractivity contribution in [3.8, 4) is 0 Å². The van der Waals surface area contributed by atoms with Crippen LogP contribution in [-0.4, -0.2) is 43.3 Å². The molecule has 0 radical (unpaired) electrons. The quantitative estimate of drug-likeness (QED) is 0.598. The first kappa shape index (κ1) is 18.3. The molecule has 26 heavy (non-hydrogen) atoms. The molecular formula is C16H21N5O4S. The largest absolute Gasteiger partial charge is 0.366 e. The van der Waals surface area contributed by atoms with Crippen LogP contribution >= 0.6 is 0 Å². The maximum Gasteiger partial charge on any atom is 0.293 e. The van der Waals surface area contributed by atoms with Crippen molar-refractivity contribution in [3.05, 3.63) is 46.3 Å². The first-order chi connectivity index (χ1) is 12.3. The summed E-state index contributed by atoms with van der Waals surface area (Å²) in [6.07, 6.45) is 5.60. The smallest absolute Gasteiger partial charge is 0.293 e. The van der Waals surface area contributed by atoms with Gasteiger partial charge >= 0.3 is 0 Å². The van der Waals surface area contributed by atoms with E-state index < -0.39 is 14.9 Å². The van der Waals surface area contributed by atoms with Gasteiger partial charge in [0.25, 0.3) is 5.69 Å². The highest BCUT2D eigenvalue weighted by molar-refractivity contribution is 7.89. The van der Waals surface area contributed by atoms with Crippen LogP contribution in [0.25, 0.3) is 0 Å². The monoisotopic (exact) mass is 379 g/mol. The van der Waals surface area contributed by atoms with Gasteiger partial charge in [-0.2, -0.15) is 5.10 Å². The van der Waals surface area contributed by atoms with Crippen LogP contribution in [0.3, 0.4) is 0 Å². The second-order valence-electron chi connectivity index (χ2n) is 6.44. The summed E-state index contributed by atoms with van der Waals surface area (Å²) < 4.78 is 27.8. The molecule has 1 atom stereocenters. The third kappa shape index (κ3) is 3.70. The van der Waals surface area contributed by atoms with Crippen molar-refractivity contribution in [3.63, 3.8) is 0 Å². The molecule has 0 bridgehead atoms. The first-order valence-corrected chi connectivity index (χ1v) is 9.73. The fraction of sp³-hybridized carbons (Fsp3) is 0.438. The van der Waals surface area contributed by atoms with Crippen molar-refractivity contribution in [2.45, 2.75) is 17.7 Å². The van der Waals surface area contributed by atoms with E-state index in [2.05, 4.69) is 9.82 Å². The predicted molar refractivity (Wildman–Crippen MR) is 96.6 cm³/mol. The van der Waals surface area contributed by atoms with Gasteiger partial charge in [0.15, 0.2) is 0 Å². The molecule has 0 saturated carbocycles. The Morgan fingerprint density at radius 3 is 2.81 bits per heavy atom. The Morgan fingerprint density at radius 1 is 1.42 bits per heavy atom. The summed E-state index contributed by atoms with van der Waals surface area (Å²) >= 11 is 0. The summed E-state index contributed by atoms with van der Waals surface area (Å²) in [7, 11) is -0.580. The minimum absolute atomic E-state index is 0.110. The standard InChI is InChI=1S/C16H21N5O4S/c1-17-26(24,25)14-3-4-15(16(8-14)21(22)23)20-6-5-12(11-20)7-13-9-18-19(2)10-13/h3-4,8-10,12,17H,5-7,11H2,1-2H3. The fourth-order valence-electron chi connectivity index (χ4n) is 3.33. The van der Waals surface area contributed by atoms with Crippen LogP contribution in [0.2, 0.25) is 0 Å². The van der Waals surface area contributed by atoms with E-state index in [-0.39, 0.29) is 10.6 Å². The first-order valence-electron chi connectivity index (χ1n) is 8.24. The van der Waals surface area contributed by atoms with E-state index >= 15 is 0 Å². The summed E-state index contributed by atoms with van der Waals surface area (Å²) in [5.74, 6) is 0.375. The Labute approximate surface area is 151 Å². The maximum atomic E-state index is 11.9. The van der Waals surface area contributed by atoms with Crippen molar-refractivity contribution in [2.75, 3.05) is 25.0 Å². The fourth-order valence-corrected chi connectivity index (χ4v) is 4.08. The number of nitrogens with one attached hydrogen (secondary N) is 1. The average molecular weight is 379 g/mol. The summed E-state index contributed by atoms with van der Waals surface area (Å²) in [6, 6.07) is 4.05. The predicted octanol–water partition coefficient (Wildman–Crippen LogP) is 1.31. The van der Waals surface area contributed by atoms with Gasteiger partial charge in [-0.1, -0.05) is 0 Å². The van der Waals surface area contributed by atoms with E-state index in [4.69, 9.17) is 0 Å². The van der Waals surface area contributed by atoms with Crippen molar-refractivity contribution < 1.29 is 13.3 Å². The molecule has 0 amide bonds. The second-order valence-corrected chi connectivity index (χ2v) is 8.33. The van der Waals surface area contributed by atoms with Gasteiger partial charge in [0, 0.05) is 32.4 Å². The molecule has 1 N–H and O–H groups in total. The molecule has 9 nitrogen and oxygen atoms in total. The molecule has 1 aliphatic heterocycles. The molecule has 1 unspecified atom stereocenters. The number of hydrogen-bond acceptors (Lipinski definition) is 6. The molecule has 1 fully saturated rings.